The van der Waals surface area contributed by atoms with E-state index >= 15 is 0 Å². The molecule has 0 atom stereocenters. The van der Waals surface area contributed by atoms with Gasteiger partial charge in [0.2, 0.25) is 0 Å². The SMILES string of the molecule is OB(O)c1cccc(N=Cc2cccc(-c3ccccn3)n2)c1. The third kappa shape index (κ3) is 3.88. The van der Waals surface area contributed by atoms with Crippen molar-refractivity contribution in [3.8, 4) is 11.4 Å². The standard InChI is InChI=1S/C17H14BN3O2/c22-18(23)13-5-3-6-14(11-13)20-12-15-7-4-9-17(21-15)16-8-1-2-10-19-16/h1-12,22-23H. The molecular weight excluding hydrogens is 289 g/mol. The summed E-state index contributed by atoms with van der Waals surface area (Å²) in [4.78, 5) is 13.1. The first-order valence-corrected chi connectivity index (χ1v) is 7.11. The van der Waals surface area contributed by atoms with Gasteiger partial charge in [-0.15, -0.1) is 0 Å². The van der Waals surface area contributed by atoms with Gasteiger partial charge in [-0.1, -0.05) is 24.3 Å². The van der Waals surface area contributed by atoms with Gasteiger partial charge in [0.1, 0.15) is 0 Å². The highest BCUT2D eigenvalue weighted by Gasteiger charge is 2.10. The average molecular weight is 303 g/mol. The summed E-state index contributed by atoms with van der Waals surface area (Å²) in [6, 6.07) is 18.1. The maximum atomic E-state index is 9.18. The molecule has 2 heterocycles. The van der Waals surface area contributed by atoms with Crippen LogP contribution in [0.25, 0.3) is 11.4 Å². The van der Waals surface area contributed by atoms with E-state index in [0.29, 0.717) is 16.8 Å². The maximum Gasteiger partial charge on any atom is 0.488 e. The van der Waals surface area contributed by atoms with E-state index in [0.717, 1.165) is 11.4 Å². The molecule has 3 aromatic rings. The number of nitrogens with zero attached hydrogens (tertiary/aromatic N) is 3. The molecule has 0 bridgehead atoms. The molecule has 6 heteroatoms. The van der Waals surface area contributed by atoms with E-state index in [2.05, 4.69) is 15.0 Å². The lowest BCUT2D eigenvalue weighted by molar-refractivity contribution is 0.426. The van der Waals surface area contributed by atoms with E-state index in [-0.39, 0.29) is 0 Å². The van der Waals surface area contributed by atoms with Crippen LogP contribution in [-0.4, -0.2) is 33.3 Å². The summed E-state index contributed by atoms with van der Waals surface area (Å²) in [5.74, 6) is 0. The van der Waals surface area contributed by atoms with Gasteiger partial charge < -0.3 is 10.0 Å². The Hall–Kier alpha value is -2.83. The van der Waals surface area contributed by atoms with Crippen molar-refractivity contribution in [3.05, 3.63) is 72.6 Å². The average Bonchev–Trinajstić information content (AvgIpc) is 2.61. The molecule has 0 aliphatic rings. The summed E-state index contributed by atoms with van der Waals surface area (Å²) in [5, 5.41) is 18.4. The molecule has 0 spiro atoms. The smallest absolute Gasteiger partial charge is 0.423 e. The Balaban J connectivity index is 1.84. The molecule has 0 aliphatic heterocycles. The van der Waals surface area contributed by atoms with Crippen molar-refractivity contribution in [1.82, 2.24) is 9.97 Å². The molecule has 23 heavy (non-hydrogen) atoms. The molecule has 0 saturated carbocycles. The van der Waals surface area contributed by atoms with Crippen molar-refractivity contribution in [1.29, 1.82) is 0 Å². The molecule has 0 aliphatic carbocycles. The van der Waals surface area contributed by atoms with Gasteiger partial charge in [-0.05, 0) is 41.9 Å². The summed E-state index contributed by atoms with van der Waals surface area (Å²) in [6.45, 7) is 0. The predicted molar refractivity (Wildman–Crippen MR) is 91.0 cm³/mol. The second kappa shape index (κ2) is 6.96. The van der Waals surface area contributed by atoms with Crippen LogP contribution in [-0.2, 0) is 0 Å². The van der Waals surface area contributed by atoms with Crippen LogP contribution in [0.1, 0.15) is 5.69 Å². The highest BCUT2D eigenvalue weighted by molar-refractivity contribution is 6.58. The molecule has 0 unspecified atom stereocenters. The van der Waals surface area contributed by atoms with E-state index in [9.17, 15) is 10.0 Å². The number of rotatable bonds is 4. The summed E-state index contributed by atoms with van der Waals surface area (Å²) in [7, 11) is -1.50. The van der Waals surface area contributed by atoms with Gasteiger partial charge in [-0.3, -0.25) is 9.98 Å². The van der Waals surface area contributed by atoms with Crippen LogP contribution >= 0.6 is 0 Å². The van der Waals surface area contributed by atoms with Crippen LogP contribution in [0.15, 0.2) is 71.9 Å². The Morgan fingerprint density at radius 2 is 1.74 bits per heavy atom. The summed E-state index contributed by atoms with van der Waals surface area (Å²) >= 11 is 0. The molecule has 2 aromatic heterocycles. The van der Waals surface area contributed by atoms with Crippen LogP contribution in [0.5, 0.6) is 0 Å². The fraction of sp³-hybridized carbons (Fsp3) is 0. The Morgan fingerprint density at radius 1 is 0.913 bits per heavy atom. The zero-order valence-electron chi connectivity index (χ0n) is 12.2. The van der Waals surface area contributed by atoms with E-state index < -0.39 is 7.12 Å². The predicted octanol–water partition coefficient (Wildman–Crippen LogP) is 1.57. The lowest BCUT2D eigenvalue weighted by atomic mass is 9.80. The third-order valence-corrected chi connectivity index (χ3v) is 3.21. The van der Waals surface area contributed by atoms with Crippen LogP contribution in [0, 0.1) is 0 Å². The number of pyridine rings is 2. The largest absolute Gasteiger partial charge is 0.488 e. The van der Waals surface area contributed by atoms with Crippen molar-refractivity contribution >= 4 is 24.5 Å². The molecule has 0 fully saturated rings. The molecule has 3 rings (SSSR count). The van der Waals surface area contributed by atoms with Gasteiger partial charge in [0.25, 0.3) is 0 Å². The minimum atomic E-state index is -1.50. The minimum absolute atomic E-state index is 0.398. The van der Waals surface area contributed by atoms with Crippen molar-refractivity contribution in [2.24, 2.45) is 4.99 Å². The quantitative estimate of drug-likeness (QED) is 0.566. The van der Waals surface area contributed by atoms with Crippen LogP contribution in [0.4, 0.5) is 5.69 Å². The number of aliphatic imine (C=N–C) groups is 1. The molecule has 0 amide bonds. The topological polar surface area (TPSA) is 78.6 Å². The molecule has 5 nitrogen and oxygen atoms in total. The fourth-order valence-electron chi connectivity index (χ4n) is 2.09. The molecule has 0 radical (unpaired) electrons. The van der Waals surface area contributed by atoms with Crippen molar-refractivity contribution in [2.45, 2.75) is 0 Å². The Labute approximate surface area is 134 Å². The highest BCUT2D eigenvalue weighted by Crippen LogP contribution is 2.14. The van der Waals surface area contributed by atoms with Gasteiger partial charge in [0.05, 0.1) is 29.0 Å². The third-order valence-electron chi connectivity index (χ3n) is 3.21. The second-order valence-corrected chi connectivity index (χ2v) is 4.89. The lowest BCUT2D eigenvalue weighted by Gasteiger charge is -2.01. The number of hydrogen-bond donors (Lipinski definition) is 2. The summed E-state index contributed by atoms with van der Waals surface area (Å²) in [6.07, 6.45) is 3.36. The Kier molecular flexibility index (Phi) is 4.56. The summed E-state index contributed by atoms with van der Waals surface area (Å²) in [5.41, 5.74) is 3.29. The van der Waals surface area contributed by atoms with Gasteiger partial charge in [0, 0.05) is 6.20 Å². The Bertz CT molecular complexity index is 823. The van der Waals surface area contributed by atoms with Crippen molar-refractivity contribution in [2.75, 3.05) is 0 Å². The van der Waals surface area contributed by atoms with Crippen LogP contribution < -0.4 is 5.46 Å². The highest BCUT2D eigenvalue weighted by atomic mass is 16.4. The lowest BCUT2D eigenvalue weighted by Crippen LogP contribution is -2.29. The van der Waals surface area contributed by atoms with Crippen LogP contribution in [0.3, 0.4) is 0 Å². The number of hydrogen-bond acceptors (Lipinski definition) is 5. The first kappa shape index (κ1) is 15.1. The maximum absolute atomic E-state index is 9.18. The van der Waals surface area contributed by atoms with Crippen molar-refractivity contribution in [3.63, 3.8) is 0 Å². The second-order valence-electron chi connectivity index (χ2n) is 4.89. The first-order chi connectivity index (χ1) is 11.2. The normalized spacial score (nSPS) is 10.9. The molecule has 0 saturated heterocycles. The monoisotopic (exact) mass is 303 g/mol. The molecule has 1 aromatic carbocycles. The van der Waals surface area contributed by atoms with E-state index in [4.69, 9.17) is 0 Å². The van der Waals surface area contributed by atoms with Crippen molar-refractivity contribution < 1.29 is 10.0 Å². The van der Waals surface area contributed by atoms with Gasteiger partial charge in [-0.25, -0.2) is 4.98 Å². The van der Waals surface area contributed by atoms with E-state index in [1.54, 1.807) is 36.7 Å². The van der Waals surface area contributed by atoms with Gasteiger partial charge in [0.15, 0.2) is 0 Å². The van der Waals surface area contributed by atoms with Crippen LogP contribution in [0.2, 0.25) is 0 Å². The molecular formula is C17H14BN3O2. The minimum Gasteiger partial charge on any atom is -0.423 e. The Morgan fingerprint density at radius 3 is 2.52 bits per heavy atom. The summed E-state index contributed by atoms with van der Waals surface area (Å²) < 4.78 is 0. The zero-order valence-corrected chi connectivity index (χ0v) is 12.2. The first-order valence-electron chi connectivity index (χ1n) is 7.11. The fourth-order valence-corrected chi connectivity index (χ4v) is 2.09. The number of benzene rings is 1. The number of aromatic nitrogens is 2. The zero-order chi connectivity index (χ0) is 16.1. The van der Waals surface area contributed by atoms with Gasteiger partial charge >= 0.3 is 7.12 Å². The van der Waals surface area contributed by atoms with E-state index in [1.165, 1.54) is 0 Å². The van der Waals surface area contributed by atoms with E-state index in [1.807, 2.05) is 36.4 Å². The van der Waals surface area contributed by atoms with Gasteiger partial charge in [-0.2, -0.15) is 0 Å². The molecule has 2 N–H and O–H groups in total. The molecule has 112 valence electrons.